The van der Waals surface area contributed by atoms with Crippen LogP contribution in [0.4, 0.5) is 5.88 Å². The molecule has 6 nitrogen and oxygen atoms in total. The molecule has 1 rings (SSSR count). The highest BCUT2D eigenvalue weighted by atomic mass is 16.4. The van der Waals surface area contributed by atoms with E-state index in [2.05, 4.69) is 0 Å². The van der Waals surface area contributed by atoms with Crippen LogP contribution in [0.3, 0.4) is 0 Å². The molecule has 18 heavy (non-hydrogen) atoms. The standard InChI is InChI=1S/C12H18N2O4/c1-4-14(5-2)10(15)8-13(3)11-7-6-9(18-11)12(16)17/h6-7H,4-5,8H2,1-3H3,(H,16,17). The summed E-state index contributed by atoms with van der Waals surface area (Å²) in [5.41, 5.74) is 0. The summed E-state index contributed by atoms with van der Waals surface area (Å²) in [4.78, 5) is 25.8. The maximum atomic E-state index is 11.9. The van der Waals surface area contributed by atoms with Gasteiger partial charge < -0.3 is 19.3 Å². The highest BCUT2D eigenvalue weighted by Crippen LogP contribution is 2.17. The van der Waals surface area contributed by atoms with Crippen LogP contribution in [0.15, 0.2) is 16.5 Å². The molecule has 1 amide bonds. The third-order valence-electron chi connectivity index (χ3n) is 2.67. The van der Waals surface area contributed by atoms with Crippen molar-refractivity contribution in [3.63, 3.8) is 0 Å². The molecule has 0 fully saturated rings. The maximum Gasteiger partial charge on any atom is 0.371 e. The van der Waals surface area contributed by atoms with Gasteiger partial charge in [-0.2, -0.15) is 0 Å². The zero-order valence-corrected chi connectivity index (χ0v) is 10.8. The van der Waals surface area contributed by atoms with Gasteiger partial charge in [0.05, 0.1) is 6.54 Å². The van der Waals surface area contributed by atoms with Crippen molar-refractivity contribution in [2.75, 3.05) is 31.6 Å². The fourth-order valence-electron chi connectivity index (χ4n) is 1.60. The maximum absolute atomic E-state index is 11.9. The van der Waals surface area contributed by atoms with Gasteiger partial charge in [0.1, 0.15) is 0 Å². The monoisotopic (exact) mass is 254 g/mol. The molecule has 0 aliphatic heterocycles. The lowest BCUT2D eigenvalue weighted by atomic mass is 10.4. The Morgan fingerprint density at radius 2 is 1.89 bits per heavy atom. The number of rotatable bonds is 6. The SMILES string of the molecule is CCN(CC)C(=O)CN(C)c1ccc(C(=O)O)o1. The molecule has 1 aromatic rings. The molecule has 0 spiro atoms. The summed E-state index contributed by atoms with van der Waals surface area (Å²) in [6.07, 6.45) is 0. The Kier molecular flexibility index (Phi) is 4.76. The summed E-state index contributed by atoms with van der Waals surface area (Å²) >= 11 is 0. The van der Waals surface area contributed by atoms with Gasteiger partial charge in [0.15, 0.2) is 5.88 Å². The van der Waals surface area contributed by atoms with Gasteiger partial charge in [0.2, 0.25) is 11.7 Å². The number of amides is 1. The zero-order chi connectivity index (χ0) is 13.7. The molecule has 0 aliphatic carbocycles. The van der Waals surface area contributed by atoms with E-state index in [0.29, 0.717) is 19.0 Å². The third-order valence-corrected chi connectivity index (χ3v) is 2.67. The van der Waals surface area contributed by atoms with E-state index < -0.39 is 5.97 Å². The lowest BCUT2D eigenvalue weighted by Crippen LogP contribution is -2.38. The Morgan fingerprint density at radius 1 is 1.28 bits per heavy atom. The third kappa shape index (κ3) is 3.26. The highest BCUT2D eigenvalue weighted by Gasteiger charge is 2.16. The average Bonchev–Trinajstić information content (AvgIpc) is 2.79. The van der Waals surface area contributed by atoms with Crippen LogP contribution >= 0.6 is 0 Å². The summed E-state index contributed by atoms with van der Waals surface area (Å²) < 4.78 is 5.11. The Morgan fingerprint density at radius 3 is 2.33 bits per heavy atom. The molecule has 6 heteroatoms. The topological polar surface area (TPSA) is 74.0 Å². The number of anilines is 1. The zero-order valence-electron chi connectivity index (χ0n) is 10.8. The van der Waals surface area contributed by atoms with Crippen LogP contribution in [0, 0.1) is 0 Å². The lowest BCUT2D eigenvalue weighted by molar-refractivity contribution is -0.129. The quantitative estimate of drug-likeness (QED) is 0.827. The number of hydrogen-bond donors (Lipinski definition) is 1. The van der Waals surface area contributed by atoms with Gasteiger partial charge >= 0.3 is 5.97 Å². The normalized spacial score (nSPS) is 10.2. The molecule has 0 unspecified atom stereocenters. The van der Waals surface area contributed by atoms with E-state index in [0.717, 1.165) is 0 Å². The molecular weight excluding hydrogens is 236 g/mol. The van der Waals surface area contributed by atoms with E-state index >= 15 is 0 Å². The Hall–Kier alpha value is -1.98. The molecular formula is C12H18N2O4. The van der Waals surface area contributed by atoms with Crippen LogP contribution in [-0.4, -0.2) is 48.6 Å². The molecule has 0 saturated carbocycles. The van der Waals surface area contributed by atoms with Crippen molar-refractivity contribution in [2.24, 2.45) is 0 Å². The van der Waals surface area contributed by atoms with Crippen LogP contribution < -0.4 is 4.90 Å². The first-order valence-electron chi connectivity index (χ1n) is 5.81. The minimum atomic E-state index is -1.12. The fourth-order valence-corrected chi connectivity index (χ4v) is 1.60. The van der Waals surface area contributed by atoms with Crippen molar-refractivity contribution >= 4 is 17.8 Å². The van der Waals surface area contributed by atoms with E-state index in [1.165, 1.54) is 6.07 Å². The first kappa shape index (κ1) is 14.1. The molecule has 1 heterocycles. The second-order valence-electron chi connectivity index (χ2n) is 3.87. The molecule has 0 bridgehead atoms. The number of carboxylic acid groups (broad SMARTS) is 1. The number of furan rings is 1. The lowest BCUT2D eigenvalue weighted by Gasteiger charge is -2.22. The molecule has 0 aliphatic rings. The fraction of sp³-hybridized carbons (Fsp3) is 0.500. The molecule has 0 saturated heterocycles. The van der Waals surface area contributed by atoms with Crippen LogP contribution in [-0.2, 0) is 4.79 Å². The number of likely N-dealkylation sites (N-methyl/N-ethyl adjacent to an activating group) is 2. The molecule has 100 valence electrons. The van der Waals surface area contributed by atoms with E-state index in [1.54, 1.807) is 22.9 Å². The number of carboxylic acids is 1. The second kappa shape index (κ2) is 6.09. The second-order valence-corrected chi connectivity index (χ2v) is 3.87. The highest BCUT2D eigenvalue weighted by molar-refractivity contribution is 5.85. The van der Waals surface area contributed by atoms with Crippen LogP contribution in [0.1, 0.15) is 24.4 Å². The van der Waals surface area contributed by atoms with Gasteiger partial charge in [-0.3, -0.25) is 4.79 Å². The van der Waals surface area contributed by atoms with E-state index in [-0.39, 0.29) is 18.2 Å². The smallest absolute Gasteiger partial charge is 0.371 e. The van der Waals surface area contributed by atoms with Gasteiger partial charge in [-0.05, 0) is 19.9 Å². The van der Waals surface area contributed by atoms with Crippen molar-refractivity contribution in [1.29, 1.82) is 0 Å². The summed E-state index contributed by atoms with van der Waals surface area (Å²) in [5.74, 6) is -0.902. The number of carbonyl (C=O) groups is 2. The number of hydrogen-bond acceptors (Lipinski definition) is 4. The van der Waals surface area contributed by atoms with Crippen molar-refractivity contribution in [2.45, 2.75) is 13.8 Å². The molecule has 1 N–H and O–H groups in total. The van der Waals surface area contributed by atoms with Gasteiger partial charge in [-0.1, -0.05) is 0 Å². The first-order valence-corrected chi connectivity index (χ1v) is 5.81. The Labute approximate surface area is 106 Å². The summed E-state index contributed by atoms with van der Waals surface area (Å²) in [7, 11) is 1.69. The number of aromatic carboxylic acids is 1. The largest absolute Gasteiger partial charge is 0.475 e. The van der Waals surface area contributed by atoms with E-state index in [1.807, 2.05) is 13.8 Å². The summed E-state index contributed by atoms with van der Waals surface area (Å²) in [5, 5.41) is 8.74. The number of nitrogens with zero attached hydrogens (tertiary/aromatic N) is 2. The van der Waals surface area contributed by atoms with Crippen molar-refractivity contribution in [3.05, 3.63) is 17.9 Å². The molecule has 0 atom stereocenters. The van der Waals surface area contributed by atoms with Gasteiger partial charge in [0.25, 0.3) is 0 Å². The Bertz CT molecular complexity index is 423. The minimum absolute atomic E-state index is 0.0178. The van der Waals surface area contributed by atoms with Crippen molar-refractivity contribution in [3.8, 4) is 0 Å². The molecule has 0 radical (unpaired) electrons. The van der Waals surface area contributed by atoms with Crippen LogP contribution in [0.2, 0.25) is 0 Å². The number of carbonyl (C=O) groups excluding carboxylic acids is 1. The van der Waals surface area contributed by atoms with Crippen molar-refractivity contribution < 1.29 is 19.1 Å². The van der Waals surface area contributed by atoms with Crippen molar-refractivity contribution in [1.82, 2.24) is 4.90 Å². The first-order chi connectivity index (χ1) is 8.49. The minimum Gasteiger partial charge on any atom is -0.475 e. The predicted octanol–water partition coefficient (Wildman–Crippen LogP) is 1.28. The summed E-state index contributed by atoms with van der Waals surface area (Å²) in [6, 6.07) is 2.91. The van der Waals surface area contributed by atoms with E-state index in [9.17, 15) is 9.59 Å². The van der Waals surface area contributed by atoms with Crippen LogP contribution in [0.5, 0.6) is 0 Å². The summed E-state index contributed by atoms with van der Waals surface area (Å²) in [6.45, 7) is 5.30. The van der Waals surface area contributed by atoms with Gasteiger partial charge in [-0.15, -0.1) is 0 Å². The average molecular weight is 254 g/mol. The van der Waals surface area contributed by atoms with Gasteiger partial charge in [-0.25, -0.2) is 4.79 Å². The van der Waals surface area contributed by atoms with Crippen LogP contribution in [0.25, 0.3) is 0 Å². The Balaban J connectivity index is 2.66. The molecule has 1 aromatic heterocycles. The van der Waals surface area contributed by atoms with E-state index in [4.69, 9.17) is 9.52 Å². The molecule has 0 aromatic carbocycles. The van der Waals surface area contributed by atoms with Gasteiger partial charge in [0, 0.05) is 26.2 Å². The predicted molar refractivity (Wildman–Crippen MR) is 66.9 cm³/mol.